The van der Waals surface area contributed by atoms with Crippen molar-refractivity contribution in [2.24, 2.45) is 4.99 Å². The minimum Gasteiger partial charge on any atom is -0.355 e. The first kappa shape index (κ1) is 19.7. The molecule has 9 nitrogen and oxygen atoms in total. The van der Waals surface area contributed by atoms with Crippen molar-refractivity contribution in [3.05, 3.63) is 53.3 Å². The second-order valence-electron chi connectivity index (χ2n) is 6.14. The van der Waals surface area contributed by atoms with Crippen molar-refractivity contribution in [1.82, 2.24) is 30.6 Å². The van der Waals surface area contributed by atoms with E-state index in [0.29, 0.717) is 24.1 Å². The Morgan fingerprint density at radius 1 is 1.32 bits per heavy atom. The molecule has 3 N–H and O–H groups in total. The third kappa shape index (κ3) is 4.80. The molecule has 0 spiro atoms. The summed E-state index contributed by atoms with van der Waals surface area (Å²) in [4.78, 5) is 28.5. The number of hydrogen-bond donors (Lipinski definition) is 3. The van der Waals surface area contributed by atoms with Crippen LogP contribution in [0.4, 0.5) is 4.79 Å². The lowest BCUT2D eigenvalue weighted by molar-refractivity contribution is -0.124. The highest BCUT2D eigenvalue weighted by Gasteiger charge is 2.27. The van der Waals surface area contributed by atoms with Gasteiger partial charge in [-0.1, -0.05) is 23.7 Å². The monoisotopic (exact) mass is 403 g/mol. The minimum atomic E-state index is -0.365. The van der Waals surface area contributed by atoms with Crippen LogP contribution in [0.25, 0.3) is 0 Å². The number of benzene rings is 1. The Balaban J connectivity index is 1.57. The summed E-state index contributed by atoms with van der Waals surface area (Å²) in [5, 5.41) is 13.9. The van der Waals surface area contributed by atoms with Gasteiger partial charge in [-0.3, -0.25) is 19.4 Å². The first-order valence-electron chi connectivity index (χ1n) is 8.86. The fourth-order valence-corrected chi connectivity index (χ4v) is 3.02. The number of aromatic nitrogens is 2. The van der Waals surface area contributed by atoms with Gasteiger partial charge >= 0.3 is 6.03 Å². The van der Waals surface area contributed by atoms with Gasteiger partial charge in [-0.25, -0.2) is 4.79 Å². The SMILES string of the molecule is CN=C(NCCN1C(=O)CNC1=O)NCC(c1ccc(Cl)cc1)n1cccn1. The lowest BCUT2D eigenvalue weighted by Gasteiger charge is -2.21. The summed E-state index contributed by atoms with van der Waals surface area (Å²) >= 11 is 6.00. The molecule has 1 unspecified atom stereocenters. The summed E-state index contributed by atoms with van der Waals surface area (Å²) in [6.45, 7) is 1.25. The molecule has 1 aliphatic rings. The molecule has 0 bridgehead atoms. The second-order valence-corrected chi connectivity index (χ2v) is 6.57. The van der Waals surface area contributed by atoms with Crippen LogP contribution in [0.2, 0.25) is 5.02 Å². The van der Waals surface area contributed by atoms with Gasteiger partial charge in [0.05, 0.1) is 12.6 Å². The maximum Gasteiger partial charge on any atom is 0.324 e. The number of halogens is 1. The Kier molecular flexibility index (Phi) is 6.49. The zero-order valence-electron chi connectivity index (χ0n) is 15.4. The van der Waals surface area contributed by atoms with E-state index in [1.807, 2.05) is 41.2 Å². The molecule has 1 atom stereocenters. The van der Waals surface area contributed by atoms with Gasteiger partial charge in [0.15, 0.2) is 5.96 Å². The number of carbonyl (C=O) groups is 2. The number of hydrogen-bond acceptors (Lipinski definition) is 4. The summed E-state index contributed by atoms with van der Waals surface area (Å²) in [6.07, 6.45) is 3.63. The summed E-state index contributed by atoms with van der Waals surface area (Å²) in [7, 11) is 1.66. The zero-order valence-corrected chi connectivity index (χ0v) is 16.2. The third-order valence-electron chi connectivity index (χ3n) is 4.35. The van der Waals surface area contributed by atoms with Gasteiger partial charge in [0.25, 0.3) is 0 Å². The van der Waals surface area contributed by atoms with E-state index < -0.39 is 0 Å². The molecule has 0 aliphatic carbocycles. The number of imide groups is 1. The van der Waals surface area contributed by atoms with Crippen LogP contribution in [0.1, 0.15) is 11.6 Å². The second kappa shape index (κ2) is 9.23. The first-order chi connectivity index (χ1) is 13.6. The Bertz CT molecular complexity index is 820. The number of guanidine groups is 1. The van der Waals surface area contributed by atoms with Gasteiger partial charge in [-0.15, -0.1) is 0 Å². The maximum atomic E-state index is 11.6. The predicted octanol–water partition coefficient (Wildman–Crippen LogP) is 0.843. The summed E-state index contributed by atoms with van der Waals surface area (Å²) in [6, 6.07) is 9.06. The highest BCUT2D eigenvalue weighted by Crippen LogP contribution is 2.19. The van der Waals surface area contributed by atoms with Crippen LogP contribution < -0.4 is 16.0 Å². The first-order valence-corrected chi connectivity index (χ1v) is 9.23. The fourth-order valence-electron chi connectivity index (χ4n) is 2.90. The number of aliphatic imine (C=N–C) groups is 1. The lowest BCUT2D eigenvalue weighted by atomic mass is 10.1. The van der Waals surface area contributed by atoms with Crippen molar-refractivity contribution in [2.45, 2.75) is 6.04 Å². The van der Waals surface area contributed by atoms with Crippen molar-refractivity contribution < 1.29 is 9.59 Å². The van der Waals surface area contributed by atoms with Crippen LogP contribution in [-0.4, -0.2) is 65.8 Å². The van der Waals surface area contributed by atoms with E-state index in [1.165, 1.54) is 4.90 Å². The molecule has 2 heterocycles. The smallest absolute Gasteiger partial charge is 0.324 e. The van der Waals surface area contributed by atoms with Gasteiger partial charge < -0.3 is 16.0 Å². The normalized spacial score (nSPS) is 15.5. The predicted molar refractivity (Wildman–Crippen MR) is 106 cm³/mol. The standard InChI is InChI=1S/C18H22ClN7O2/c1-20-17(21-8-10-25-16(27)12-23-18(25)28)22-11-15(26-9-2-7-24-26)13-3-5-14(19)6-4-13/h2-7,9,15H,8,10-12H2,1H3,(H,23,28)(H2,20,21,22). The number of urea groups is 1. The molecule has 1 saturated heterocycles. The number of nitrogens with zero attached hydrogens (tertiary/aromatic N) is 4. The van der Waals surface area contributed by atoms with E-state index in [-0.39, 0.29) is 31.1 Å². The number of nitrogens with one attached hydrogen (secondary N) is 3. The van der Waals surface area contributed by atoms with Crippen molar-refractivity contribution in [3.63, 3.8) is 0 Å². The quantitative estimate of drug-likeness (QED) is 0.361. The van der Waals surface area contributed by atoms with Gasteiger partial charge in [-0.05, 0) is 23.8 Å². The number of carbonyl (C=O) groups excluding carboxylic acids is 2. The molecule has 1 aromatic heterocycles. The molecular formula is C18H22ClN7O2. The van der Waals surface area contributed by atoms with Crippen LogP contribution in [0.5, 0.6) is 0 Å². The Morgan fingerprint density at radius 3 is 2.71 bits per heavy atom. The van der Waals surface area contributed by atoms with E-state index in [1.54, 1.807) is 13.2 Å². The highest BCUT2D eigenvalue weighted by molar-refractivity contribution is 6.30. The highest BCUT2D eigenvalue weighted by atomic mass is 35.5. The van der Waals surface area contributed by atoms with Crippen LogP contribution in [0.3, 0.4) is 0 Å². The molecular weight excluding hydrogens is 382 g/mol. The zero-order chi connectivity index (χ0) is 19.9. The van der Waals surface area contributed by atoms with Crippen LogP contribution in [0.15, 0.2) is 47.7 Å². The summed E-state index contributed by atoms with van der Waals surface area (Å²) in [5.41, 5.74) is 1.05. The largest absolute Gasteiger partial charge is 0.355 e. The third-order valence-corrected chi connectivity index (χ3v) is 4.60. The Hall–Kier alpha value is -3.07. The van der Waals surface area contributed by atoms with Crippen molar-refractivity contribution in [2.75, 3.05) is 33.2 Å². The number of amides is 3. The Labute approximate surface area is 167 Å². The molecule has 0 radical (unpaired) electrons. The maximum absolute atomic E-state index is 11.6. The molecule has 3 amide bonds. The van der Waals surface area contributed by atoms with E-state index >= 15 is 0 Å². The van der Waals surface area contributed by atoms with Crippen LogP contribution >= 0.6 is 11.6 Å². The molecule has 3 rings (SSSR count). The van der Waals surface area contributed by atoms with Gasteiger partial charge in [0.1, 0.15) is 0 Å². The number of rotatable bonds is 7. The van der Waals surface area contributed by atoms with Crippen LogP contribution in [0, 0.1) is 0 Å². The summed E-state index contributed by atoms with van der Waals surface area (Å²) < 4.78 is 1.86. The molecule has 2 aromatic rings. The summed E-state index contributed by atoms with van der Waals surface area (Å²) in [5.74, 6) is 0.342. The average molecular weight is 404 g/mol. The average Bonchev–Trinajstić information content (AvgIpc) is 3.33. The molecule has 148 valence electrons. The topological polar surface area (TPSA) is 104 Å². The van der Waals surface area contributed by atoms with E-state index in [0.717, 1.165) is 5.56 Å². The molecule has 1 aliphatic heterocycles. The van der Waals surface area contributed by atoms with Gasteiger partial charge in [0.2, 0.25) is 5.91 Å². The van der Waals surface area contributed by atoms with E-state index in [9.17, 15) is 9.59 Å². The van der Waals surface area contributed by atoms with Crippen molar-refractivity contribution in [3.8, 4) is 0 Å². The van der Waals surface area contributed by atoms with Crippen molar-refractivity contribution in [1.29, 1.82) is 0 Å². The van der Waals surface area contributed by atoms with Gasteiger partial charge in [0, 0.05) is 44.1 Å². The van der Waals surface area contributed by atoms with E-state index in [2.05, 4.69) is 26.0 Å². The fraction of sp³-hybridized carbons (Fsp3) is 0.333. The molecule has 28 heavy (non-hydrogen) atoms. The minimum absolute atomic E-state index is 0.0540. The molecule has 0 saturated carbocycles. The van der Waals surface area contributed by atoms with Gasteiger partial charge in [-0.2, -0.15) is 5.10 Å². The van der Waals surface area contributed by atoms with E-state index in [4.69, 9.17) is 11.6 Å². The van der Waals surface area contributed by atoms with Crippen LogP contribution in [-0.2, 0) is 4.79 Å². The lowest BCUT2D eigenvalue weighted by Crippen LogP contribution is -2.44. The molecule has 1 fully saturated rings. The molecule has 10 heteroatoms. The van der Waals surface area contributed by atoms with Crippen molar-refractivity contribution >= 4 is 29.5 Å². The Morgan fingerprint density at radius 2 is 2.11 bits per heavy atom. The molecule has 1 aromatic carbocycles.